The Morgan fingerprint density at radius 2 is 1.88 bits per heavy atom. The fourth-order valence-electron chi connectivity index (χ4n) is 1.25. The Labute approximate surface area is 97.9 Å². The van der Waals surface area contributed by atoms with E-state index in [-0.39, 0.29) is 5.54 Å². The van der Waals surface area contributed by atoms with Crippen LogP contribution >= 0.6 is 0 Å². The number of pyridine rings is 1. The maximum Gasteiger partial charge on any atom is 0.0767 e. The summed E-state index contributed by atoms with van der Waals surface area (Å²) < 4.78 is 0. The minimum atomic E-state index is -0.760. The van der Waals surface area contributed by atoms with Crippen molar-refractivity contribution in [1.82, 2.24) is 10.3 Å². The summed E-state index contributed by atoms with van der Waals surface area (Å²) in [5, 5.41) is 13.4. The molecule has 90 valence electrons. The summed E-state index contributed by atoms with van der Waals surface area (Å²) in [6.45, 7) is 10.4. The highest BCUT2D eigenvalue weighted by molar-refractivity contribution is 5.16. The van der Waals surface area contributed by atoms with E-state index >= 15 is 0 Å². The molecule has 0 aliphatic rings. The second-order valence-electron chi connectivity index (χ2n) is 5.41. The Morgan fingerprint density at radius 3 is 2.38 bits per heavy atom. The molecule has 1 aromatic rings. The topological polar surface area (TPSA) is 45.2 Å². The van der Waals surface area contributed by atoms with E-state index in [4.69, 9.17) is 0 Å². The first-order valence-electron chi connectivity index (χ1n) is 5.60. The van der Waals surface area contributed by atoms with E-state index in [1.54, 1.807) is 0 Å². The molecule has 0 atom stereocenters. The highest BCUT2D eigenvalue weighted by atomic mass is 16.3. The SMILES string of the molecule is Cc1cncc(CNC(C)(C)C(C)(C)O)c1. The van der Waals surface area contributed by atoms with E-state index in [1.807, 2.05) is 47.0 Å². The van der Waals surface area contributed by atoms with Crippen LogP contribution in [0.2, 0.25) is 0 Å². The first-order valence-corrected chi connectivity index (χ1v) is 5.60. The number of rotatable bonds is 4. The number of hydrogen-bond acceptors (Lipinski definition) is 3. The normalized spacial score (nSPS) is 12.9. The van der Waals surface area contributed by atoms with Gasteiger partial charge in [0.15, 0.2) is 0 Å². The Balaban J connectivity index is 2.65. The van der Waals surface area contributed by atoms with E-state index in [0.717, 1.165) is 11.1 Å². The molecule has 0 unspecified atom stereocenters. The van der Waals surface area contributed by atoms with Crippen molar-refractivity contribution in [3.63, 3.8) is 0 Å². The molecular formula is C13H22N2O. The van der Waals surface area contributed by atoms with Crippen molar-refractivity contribution < 1.29 is 5.11 Å². The zero-order valence-electron chi connectivity index (χ0n) is 10.8. The standard InChI is InChI=1S/C13H22N2O/c1-10-6-11(8-14-7-10)9-15-12(2,3)13(4,5)16/h6-8,15-16H,9H2,1-5H3. The molecule has 2 N–H and O–H groups in total. The largest absolute Gasteiger partial charge is 0.389 e. The van der Waals surface area contributed by atoms with Crippen LogP contribution in [0.4, 0.5) is 0 Å². The van der Waals surface area contributed by atoms with Gasteiger partial charge in [-0.25, -0.2) is 0 Å². The van der Waals surface area contributed by atoms with Crippen LogP contribution in [0.3, 0.4) is 0 Å². The van der Waals surface area contributed by atoms with Crippen LogP contribution in [0, 0.1) is 6.92 Å². The molecule has 0 amide bonds. The van der Waals surface area contributed by atoms with Gasteiger partial charge in [0.05, 0.1) is 5.60 Å². The summed E-state index contributed by atoms with van der Waals surface area (Å²) in [4.78, 5) is 4.14. The van der Waals surface area contributed by atoms with Crippen LogP contribution in [0.15, 0.2) is 18.5 Å². The van der Waals surface area contributed by atoms with Gasteiger partial charge in [-0.1, -0.05) is 6.07 Å². The second kappa shape index (κ2) is 4.52. The smallest absolute Gasteiger partial charge is 0.0767 e. The minimum Gasteiger partial charge on any atom is -0.389 e. The van der Waals surface area contributed by atoms with Gasteiger partial charge in [-0.2, -0.15) is 0 Å². The summed E-state index contributed by atoms with van der Waals surface area (Å²) in [6, 6.07) is 2.10. The summed E-state index contributed by atoms with van der Waals surface area (Å²) >= 11 is 0. The van der Waals surface area contributed by atoms with Crippen molar-refractivity contribution in [3.05, 3.63) is 29.6 Å². The molecular weight excluding hydrogens is 200 g/mol. The molecule has 1 heterocycles. The van der Waals surface area contributed by atoms with E-state index in [9.17, 15) is 5.11 Å². The predicted molar refractivity (Wildman–Crippen MR) is 66.2 cm³/mol. The number of hydrogen-bond donors (Lipinski definition) is 2. The summed E-state index contributed by atoms with van der Waals surface area (Å²) in [6.07, 6.45) is 3.69. The molecule has 0 spiro atoms. The van der Waals surface area contributed by atoms with Gasteiger partial charge in [-0.3, -0.25) is 4.98 Å². The molecule has 3 heteroatoms. The molecule has 0 bridgehead atoms. The Bertz CT molecular complexity index is 353. The van der Waals surface area contributed by atoms with Crippen LogP contribution in [-0.2, 0) is 6.54 Å². The first-order chi connectivity index (χ1) is 7.22. The third-order valence-electron chi connectivity index (χ3n) is 3.20. The monoisotopic (exact) mass is 222 g/mol. The quantitative estimate of drug-likeness (QED) is 0.819. The summed E-state index contributed by atoms with van der Waals surface area (Å²) in [7, 11) is 0. The number of aliphatic hydroxyl groups is 1. The van der Waals surface area contributed by atoms with Crippen molar-refractivity contribution in [2.75, 3.05) is 0 Å². The fraction of sp³-hybridized carbons (Fsp3) is 0.615. The molecule has 1 aromatic heterocycles. The molecule has 1 rings (SSSR count). The van der Waals surface area contributed by atoms with Crippen molar-refractivity contribution in [2.45, 2.75) is 52.3 Å². The molecule has 0 radical (unpaired) electrons. The molecule has 0 fully saturated rings. The molecule has 0 saturated carbocycles. The van der Waals surface area contributed by atoms with Gasteiger partial charge in [-0.15, -0.1) is 0 Å². The number of nitrogens with one attached hydrogen (secondary N) is 1. The van der Waals surface area contributed by atoms with Crippen molar-refractivity contribution in [1.29, 1.82) is 0 Å². The van der Waals surface area contributed by atoms with Crippen molar-refractivity contribution in [3.8, 4) is 0 Å². The lowest BCUT2D eigenvalue weighted by molar-refractivity contribution is -0.00532. The first kappa shape index (κ1) is 13.1. The van der Waals surface area contributed by atoms with Gasteiger partial charge in [-0.05, 0) is 45.7 Å². The predicted octanol–water partition coefficient (Wildman–Crippen LogP) is 2.03. The lowest BCUT2D eigenvalue weighted by atomic mass is 9.86. The third-order valence-corrected chi connectivity index (χ3v) is 3.20. The molecule has 0 aliphatic heterocycles. The molecule has 0 aromatic carbocycles. The van der Waals surface area contributed by atoms with Crippen LogP contribution in [0.1, 0.15) is 38.8 Å². The minimum absolute atomic E-state index is 0.337. The lowest BCUT2D eigenvalue weighted by Crippen LogP contribution is -2.55. The van der Waals surface area contributed by atoms with E-state index in [2.05, 4.69) is 16.4 Å². The second-order valence-corrected chi connectivity index (χ2v) is 5.41. The van der Waals surface area contributed by atoms with Gasteiger partial charge in [0, 0.05) is 24.5 Å². The highest BCUT2D eigenvalue weighted by Crippen LogP contribution is 2.20. The molecule has 0 aliphatic carbocycles. The average Bonchev–Trinajstić information content (AvgIpc) is 2.13. The van der Waals surface area contributed by atoms with Crippen LogP contribution in [-0.4, -0.2) is 21.2 Å². The van der Waals surface area contributed by atoms with Gasteiger partial charge in [0.2, 0.25) is 0 Å². The van der Waals surface area contributed by atoms with Gasteiger partial charge in [0.1, 0.15) is 0 Å². The van der Waals surface area contributed by atoms with Crippen LogP contribution in [0.25, 0.3) is 0 Å². The fourth-order valence-corrected chi connectivity index (χ4v) is 1.25. The number of nitrogens with zero attached hydrogens (tertiary/aromatic N) is 1. The summed E-state index contributed by atoms with van der Waals surface area (Å²) in [5.74, 6) is 0. The van der Waals surface area contributed by atoms with E-state index in [1.165, 1.54) is 0 Å². The Morgan fingerprint density at radius 1 is 1.25 bits per heavy atom. The van der Waals surface area contributed by atoms with Gasteiger partial charge >= 0.3 is 0 Å². The maximum atomic E-state index is 10.00. The van der Waals surface area contributed by atoms with Crippen molar-refractivity contribution in [2.24, 2.45) is 0 Å². The van der Waals surface area contributed by atoms with Crippen molar-refractivity contribution >= 4 is 0 Å². The lowest BCUT2D eigenvalue weighted by Gasteiger charge is -2.38. The maximum absolute atomic E-state index is 10.00. The van der Waals surface area contributed by atoms with Gasteiger partial charge < -0.3 is 10.4 Å². The van der Waals surface area contributed by atoms with E-state index < -0.39 is 5.60 Å². The average molecular weight is 222 g/mol. The number of aromatic nitrogens is 1. The zero-order valence-corrected chi connectivity index (χ0v) is 10.8. The number of aryl methyl sites for hydroxylation is 1. The van der Waals surface area contributed by atoms with Crippen LogP contribution in [0.5, 0.6) is 0 Å². The molecule has 0 saturated heterocycles. The zero-order chi connectivity index (χ0) is 12.4. The van der Waals surface area contributed by atoms with E-state index in [0.29, 0.717) is 6.54 Å². The van der Waals surface area contributed by atoms with Crippen LogP contribution < -0.4 is 5.32 Å². The molecule has 3 nitrogen and oxygen atoms in total. The summed E-state index contributed by atoms with van der Waals surface area (Å²) in [5.41, 5.74) is 1.19. The Kier molecular flexibility index (Phi) is 3.71. The molecule has 16 heavy (non-hydrogen) atoms. The Hall–Kier alpha value is -0.930. The highest BCUT2D eigenvalue weighted by Gasteiger charge is 2.34. The third kappa shape index (κ3) is 3.29. The van der Waals surface area contributed by atoms with Gasteiger partial charge in [0.25, 0.3) is 0 Å².